The van der Waals surface area contributed by atoms with Crippen LogP contribution in [0.3, 0.4) is 0 Å². The van der Waals surface area contributed by atoms with Crippen molar-refractivity contribution >= 4 is 24.0 Å². The van der Waals surface area contributed by atoms with Crippen LogP contribution in [0, 0.1) is 0 Å². The van der Waals surface area contributed by atoms with Gasteiger partial charge in [0.05, 0.1) is 12.2 Å². The first-order valence-electron chi connectivity index (χ1n) is 5.63. The van der Waals surface area contributed by atoms with Crippen molar-refractivity contribution in [3.8, 4) is 0 Å². The number of amides is 1. The van der Waals surface area contributed by atoms with Crippen molar-refractivity contribution in [1.29, 1.82) is 0 Å². The molecular formula is C12H17ClN4O. The van der Waals surface area contributed by atoms with E-state index in [1.807, 2.05) is 35.0 Å². The van der Waals surface area contributed by atoms with Crippen LogP contribution in [0.1, 0.15) is 5.69 Å². The minimum Gasteiger partial charge on any atom is -0.355 e. The Bertz CT molecular complexity index is 479. The third kappa shape index (κ3) is 3.72. The van der Waals surface area contributed by atoms with Crippen molar-refractivity contribution in [3.63, 3.8) is 0 Å². The Kier molecular flexibility index (Phi) is 5.61. The molecular weight excluding hydrogens is 252 g/mol. The second kappa shape index (κ2) is 6.98. The normalized spacial score (nSPS) is 10.1. The van der Waals surface area contributed by atoms with Gasteiger partial charge in [-0.2, -0.15) is 0 Å². The lowest BCUT2D eigenvalue weighted by Crippen LogP contribution is -2.33. The average Bonchev–Trinajstić information content (AvgIpc) is 2.71. The molecule has 0 aliphatic rings. The molecule has 0 saturated carbocycles. The number of hydrogen-bond donors (Lipinski definition) is 2. The molecule has 0 aliphatic heterocycles. The highest BCUT2D eigenvalue weighted by molar-refractivity contribution is 5.85. The van der Waals surface area contributed by atoms with E-state index in [-0.39, 0.29) is 18.3 Å². The number of aromatic nitrogens is 2. The number of fused-ring (bicyclic) bond motifs is 1. The fourth-order valence-corrected chi connectivity index (χ4v) is 1.66. The lowest BCUT2D eigenvalue weighted by molar-refractivity contribution is -0.120. The van der Waals surface area contributed by atoms with E-state index in [0.29, 0.717) is 13.1 Å². The van der Waals surface area contributed by atoms with E-state index < -0.39 is 0 Å². The number of likely N-dealkylation sites (N-methyl/N-ethyl adjacent to an activating group) is 1. The van der Waals surface area contributed by atoms with E-state index >= 15 is 0 Å². The van der Waals surface area contributed by atoms with Gasteiger partial charge in [0.15, 0.2) is 0 Å². The predicted octanol–water partition coefficient (Wildman–Crippen LogP) is 0.634. The molecule has 0 unspecified atom stereocenters. The molecule has 0 radical (unpaired) electrons. The van der Waals surface area contributed by atoms with Crippen LogP contribution in [0.15, 0.2) is 30.6 Å². The molecule has 0 fully saturated rings. The van der Waals surface area contributed by atoms with Gasteiger partial charge in [-0.1, -0.05) is 6.07 Å². The van der Waals surface area contributed by atoms with Gasteiger partial charge in [-0.3, -0.25) is 4.79 Å². The molecule has 18 heavy (non-hydrogen) atoms. The number of nitrogens with zero attached hydrogens (tertiary/aromatic N) is 2. The molecule has 0 aromatic carbocycles. The first-order chi connectivity index (χ1) is 8.29. The summed E-state index contributed by atoms with van der Waals surface area (Å²) in [4.78, 5) is 15.7. The van der Waals surface area contributed by atoms with Crippen molar-refractivity contribution < 1.29 is 4.79 Å². The van der Waals surface area contributed by atoms with Crippen molar-refractivity contribution in [2.24, 2.45) is 0 Å². The summed E-state index contributed by atoms with van der Waals surface area (Å²) in [5.41, 5.74) is 1.92. The number of rotatable bonds is 5. The van der Waals surface area contributed by atoms with Crippen molar-refractivity contribution in [3.05, 3.63) is 36.3 Å². The molecule has 2 heterocycles. The molecule has 0 bridgehead atoms. The monoisotopic (exact) mass is 268 g/mol. The van der Waals surface area contributed by atoms with Gasteiger partial charge in [-0.25, -0.2) is 4.98 Å². The Morgan fingerprint density at radius 3 is 3.00 bits per heavy atom. The molecule has 0 spiro atoms. The van der Waals surface area contributed by atoms with Crippen LogP contribution in [-0.2, 0) is 11.2 Å². The van der Waals surface area contributed by atoms with E-state index in [9.17, 15) is 4.79 Å². The Labute approximate surface area is 112 Å². The van der Waals surface area contributed by atoms with Crippen LogP contribution in [0.5, 0.6) is 0 Å². The second-order valence-corrected chi connectivity index (χ2v) is 3.83. The fourth-order valence-electron chi connectivity index (χ4n) is 1.66. The number of halogens is 1. The first kappa shape index (κ1) is 14.5. The highest BCUT2D eigenvalue weighted by atomic mass is 35.5. The van der Waals surface area contributed by atoms with Gasteiger partial charge >= 0.3 is 0 Å². The second-order valence-electron chi connectivity index (χ2n) is 3.83. The van der Waals surface area contributed by atoms with Crippen LogP contribution in [0.4, 0.5) is 0 Å². The Morgan fingerprint density at radius 1 is 1.44 bits per heavy atom. The Balaban J connectivity index is 0.00000162. The van der Waals surface area contributed by atoms with E-state index in [2.05, 4.69) is 15.6 Å². The number of hydrogen-bond acceptors (Lipinski definition) is 3. The molecule has 0 aliphatic carbocycles. The molecule has 2 N–H and O–H groups in total. The summed E-state index contributed by atoms with van der Waals surface area (Å²) >= 11 is 0. The predicted molar refractivity (Wildman–Crippen MR) is 73.1 cm³/mol. The minimum atomic E-state index is 0. The van der Waals surface area contributed by atoms with Gasteiger partial charge in [-0.05, 0) is 19.2 Å². The molecule has 6 heteroatoms. The number of carbonyl (C=O) groups excluding carboxylic acids is 1. The van der Waals surface area contributed by atoms with Crippen molar-refractivity contribution in [1.82, 2.24) is 20.0 Å². The maximum absolute atomic E-state index is 11.2. The van der Waals surface area contributed by atoms with Crippen molar-refractivity contribution in [2.45, 2.75) is 6.42 Å². The lowest BCUT2D eigenvalue weighted by Gasteiger charge is -2.02. The molecule has 98 valence electrons. The number of imidazole rings is 1. The molecule has 0 saturated heterocycles. The van der Waals surface area contributed by atoms with E-state index in [1.54, 1.807) is 7.05 Å². The van der Waals surface area contributed by atoms with E-state index in [1.165, 1.54) is 0 Å². The minimum absolute atomic E-state index is 0. The lowest BCUT2D eigenvalue weighted by atomic mass is 10.3. The quantitative estimate of drug-likeness (QED) is 0.837. The summed E-state index contributed by atoms with van der Waals surface area (Å²) in [5.74, 6) is 0.0104. The van der Waals surface area contributed by atoms with Gasteiger partial charge in [0.25, 0.3) is 0 Å². The van der Waals surface area contributed by atoms with Gasteiger partial charge in [0, 0.05) is 25.4 Å². The zero-order chi connectivity index (χ0) is 12.1. The number of nitrogens with one attached hydrogen (secondary N) is 2. The maximum atomic E-state index is 11.2. The van der Waals surface area contributed by atoms with Gasteiger partial charge in [-0.15, -0.1) is 12.4 Å². The first-order valence-corrected chi connectivity index (χ1v) is 5.63. The van der Waals surface area contributed by atoms with Crippen LogP contribution in [0.25, 0.3) is 5.65 Å². The fraction of sp³-hybridized carbons (Fsp3) is 0.333. The summed E-state index contributed by atoms with van der Waals surface area (Å²) in [6.07, 6.45) is 4.70. The van der Waals surface area contributed by atoms with E-state index in [4.69, 9.17) is 0 Å². The highest BCUT2D eigenvalue weighted by Crippen LogP contribution is 2.04. The Morgan fingerprint density at radius 2 is 2.28 bits per heavy atom. The van der Waals surface area contributed by atoms with Crippen LogP contribution < -0.4 is 10.6 Å². The van der Waals surface area contributed by atoms with Crippen LogP contribution in [-0.4, -0.2) is 35.4 Å². The van der Waals surface area contributed by atoms with Crippen LogP contribution >= 0.6 is 12.4 Å². The summed E-state index contributed by atoms with van der Waals surface area (Å²) < 4.78 is 1.98. The standard InChI is InChI=1S/C12H16N4O.ClH/c1-13-8-12(17)14-6-5-10-9-16-7-3-2-4-11(16)15-10;/h2-4,7,9,13H,5-6,8H2,1H3,(H,14,17);1H. The Hall–Kier alpha value is -1.59. The summed E-state index contributed by atoms with van der Waals surface area (Å²) in [5, 5.41) is 5.63. The summed E-state index contributed by atoms with van der Waals surface area (Å²) in [7, 11) is 1.75. The third-order valence-electron chi connectivity index (χ3n) is 2.45. The zero-order valence-electron chi connectivity index (χ0n) is 10.2. The summed E-state index contributed by atoms with van der Waals surface area (Å²) in [6, 6.07) is 5.89. The SMILES string of the molecule is CNCC(=O)NCCc1cn2ccccc2n1.Cl. The van der Waals surface area contributed by atoms with Crippen LogP contribution in [0.2, 0.25) is 0 Å². The van der Waals surface area contributed by atoms with E-state index in [0.717, 1.165) is 17.8 Å². The van der Waals surface area contributed by atoms with Gasteiger partial charge < -0.3 is 15.0 Å². The third-order valence-corrected chi connectivity index (χ3v) is 2.45. The topological polar surface area (TPSA) is 58.4 Å². The molecule has 2 rings (SSSR count). The molecule has 0 atom stereocenters. The largest absolute Gasteiger partial charge is 0.355 e. The molecule has 1 amide bonds. The average molecular weight is 269 g/mol. The maximum Gasteiger partial charge on any atom is 0.233 e. The van der Waals surface area contributed by atoms with Gasteiger partial charge in [0.2, 0.25) is 5.91 Å². The van der Waals surface area contributed by atoms with Gasteiger partial charge in [0.1, 0.15) is 5.65 Å². The number of pyridine rings is 1. The molecule has 2 aromatic heterocycles. The zero-order valence-corrected chi connectivity index (χ0v) is 11.0. The number of carbonyl (C=O) groups is 1. The summed E-state index contributed by atoms with van der Waals surface area (Å²) in [6.45, 7) is 0.968. The molecule has 2 aromatic rings. The smallest absolute Gasteiger partial charge is 0.233 e. The molecule has 5 nitrogen and oxygen atoms in total. The van der Waals surface area contributed by atoms with Crippen molar-refractivity contribution in [2.75, 3.05) is 20.1 Å². The highest BCUT2D eigenvalue weighted by Gasteiger charge is 2.02.